The van der Waals surface area contributed by atoms with E-state index in [0.717, 1.165) is 46.2 Å². The number of ketones is 1. The van der Waals surface area contributed by atoms with Gasteiger partial charge in [0.1, 0.15) is 0 Å². The Morgan fingerprint density at radius 2 is 1.59 bits per heavy atom. The molecular weight excluding hydrogens is 338 g/mol. The van der Waals surface area contributed by atoms with E-state index in [9.17, 15) is 14.7 Å². The summed E-state index contributed by atoms with van der Waals surface area (Å²) in [6.45, 7) is 2.54. The molecule has 1 aliphatic rings. The van der Waals surface area contributed by atoms with Gasteiger partial charge in [0.2, 0.25) is 0 Å². The standard InChI is InChI=1S/C23H21NO3/c1-2-3-12-24-21(19(14-25)22(26)23(24)27)20-17-10-6-4-8-15(17)13-16-9-5-7-11-18(16)20/h4-11,13-14,21,25H,2-3,12H2,1H3. The number of nitrogens with zero attached hydrogens (tertiary/aromatic N) is 1. The molecule has 1 N–H and O–H groups in total. The number of aliphatic hydroxyl groups excluding tert-OH is 1. The summed E-state index contributed by atoms with van der Waals surface area (Å²) in [6, 6.07) is 17.5. The smallest absolute Gasteiger partial charge is 0.295 e. The van der Waals surface area contributed by atoms with Gasteiger partial charge in [0.25, 0.3) is 11.7 Å². The Bertz CT molecular complexity index is 1030. The average Bonchev–Trinajstić information content (AvgIpc) is 2.94. The quantitative estimate of drug-likeness (QED) is 0.318. The lowest BCUT2D eigenvalue weighted by atomic mass is 9.89. The van der Waals surface area contributed by atoms with Gasteiger partial charge >= 0.3 is 0 Å². The Labute approximate surface area is 157 Å². The van der Waals surface area contributed by atoms with Crippen molar-refractivity contribution in [2.75, 3.05) is 6.54 Å². The second-order valence-electron chi connectivity index (χ2n) is 6.90. The summed E-state index contributed by atoms with van der Waals surface area (Å²) in [6.07, 6.45) is 2.53. The van der Waals surface area contributed by atoms with Crippen LogP contribution < -0.4 is 0 Å². The molecule has 1 fully saturated rings. The SMILES string of the molecule is CCCCN1C(=O)C(=O)C(=CO)C1c1c2ccccc2cc2ccccc12. The van der Waals surface area contributed by atoms with Crippen molar-refractivity contribution < 1.29 is 14.7 Å². The number of Topliss-reactive ketones (excluding diaryl/α,β-unsaturated/α-hetero) is 1. The fourth-order valence-electron chi connectivity index (χ4n) is 4.01. The molecule has 3 aromatic rings. The number of aliphatic hydroxyl groups is 1. The Morgan fingerprint density at radius 3 is 2.15 bits per heavy atom. The van der Waals surface area contributed by atoms with Crippen LogP contribution in [0.1, 0.15) is 31.4 Å². The molecule has 0 aromatic heterocycles. The molecule has 1 heterocycles. The summed E-state index contributed by atoms with van der Waals surface area (Å²) in [5, 5.41) is 13.9. The molecule has 0 aliphatic carbocycles. The monoisotopic (exact) mass is 359 g/mol. The second kappa shape index (κ2) is 6.88. The third-order valence-corrected chi connectivity index (χ3v) is 5.30. The predicted octanol–water partition coefficient (Wildman–Crippen LogP) is 4.69. The van der Waals surface area contributed by atoms with Crippen molar-refractivity contribution in [3.63, 3.8) is 0 Å². The van der Waals surface area contributed by atoms with E-state index in [0.29, 0.717) is 6.54 Å². The van der Waals surface area contributed by atoms with Gasteiger partial charge in [-0.15, -0.1) is 0 Å². The zero-order chi connectivity index (χ0) is 19.0. The Hall–Kier alpha value is -3.14. The maximum atomic E-state index is 12.7. The van der Waals surface area contributed by atoms with Gasteiger partial charge < -0.3 is 10.0 Å². The molecule has 4 nitrogen and oxygen atoms in total. The van der Waals surface area contributed by atoms with Crippen LogP contribution >= 0.6 is 0 Å². The molecule has 136 valence electrons. The number of carbonyl (C=O) groups excluding carboxylic acids is 2. The fraction of sp³-hybridized carbons (Fsp3) is 0.217. The van der Waals surface area contributed by atoms with Crippen molar-refractivity contribution in [1.29, 1.82) is 0 Å². The van der Waals surface area contributed by atoms with Crippen LogP contribution in [0.5, 0.6) is 0 Å². The molecule has 1 aliphatic heterocycles. The van der Waals surface area contributed by atoms with Gasteiger partial charge in [-0.3, -0.25) is 9.59 Å². The largest absolute Gasteiger partial charge is 0.515 e. The van der Waals surface area contributed by atoms with Crippen LogP contribution in [0.2, 0.25) is 0 Å². The highest BCUT2D eigenvalue weighted by molar-refractivity contribution is 6.45. The zero-order valence-corrected chi connectivity index (χ0v) is 15.2. The van der Waals surface area contributed by atoms with Crippen molar-refractivity contribution >= 4 is 33.2 Å². The first kappa shape index (κ1) is 17.3. The van der Waals surface area contributed by atoms with Gasteiger partial charge in [-0.05, 0) is 39.6 Å². The molecule has 1 atom stereocenters. The minimum atomic E-state index is -0.615. The van der Waals surface area contributed by atoms with Crippen LogP contribution in [0.15, 0.2) is 66.4 Å². The van der Waals surface area contributed by atoms with Gasteiger partial charge in [0.05, 0.1) is 17.9 Å². The Balaban J connectivity index is 2.05. The van der Waals surface area contributed by atoms with Crippen molar-refractivity contribution in [3.05, 3.63) is 72.0 Å². The normalized spacial score (nSPS) is 18.9. The van der Waals surface area contributed by atoms with Gasteiger partial charge in [-0.25, -0.2) is 0 Å². The summed E-state index contributed by atoms with van der Waals surface area (Å²) in [4.78, 5) is 26.8. The van der Waals surface area contributed by atoms with E-state index in [2.05, 4.69) is 6.07 Å². The molecule has 4 heteroatoms. The van der Waals surface area contributed by atoms with Crippen molar-refractivity contribution in [3.8, 4) is 0 Å². The number of unbranched alkanes of at least 4 members (excludes halogenated alkanes) is 1. The molecule has 27 heavy (non-hydrogen) atoms. The molecule has 1 unspecified atom stereocenters. The highest BCUT2D eigenvalue weighted by Crippen LogP contribution is 2.42. The molecule has 4 rings (SSSR count). The number of hydrogen-bond donors (Lipinski definition) is 1. The summed E-state index contributed by atoms with van der Waals surface area (Å²) in [5.74, 6) is -1.15. The van der Waals surface area contributed by atoms with E-state index in [-0.39, 0.29) is 5.57 Å². The number of hydrogen-bond acceptors (Lipinski definition) is 3. The topological polar surface area (TPSA) is 57.6 Å². The third-order valence-electron chi connectivity index (χ3n) is 5.30. The number of fused-ring (bicyclic) bond motifs is 2. The lowest BCUT2D eigenvalue weighted by Crippen LogP contribution is -2.30. The van der Waals surface area contributed by atoms with Gasteiger partial charge in [-0.2, -0.15) is 0 Å². The number of rotatable bonds is 4. The number of benzene rings is 3. The van der Waals surface area contributed by atoms with E-state index in [1.165, 1.54) is 0 Å². The molecule has 0 bridgehead atoms. The number of likely N-dealkylation sites (tertiary alicyclic amines) is 1. The van der Waals surface area contributed by atoms with E-state index < -0.39 is 17.7 Å². The van der Waals surface area contributed by atoms with Crippen LogP contribution in [-0.4, -0.2) is 28.2 Å². The number of amides is 1. The summed E-state index contributed by atoms with van der Waals surface area (Å²) in [5.41, 5.74) is 1.05. The molecule has 0 radical (unpaired) electrons. The number of carbonyl (C=O) groups is 2. The van der Waals surface area contributed by atoms with E-state index in [4.69, 9.17) is 0 Å². The summed E-state index contributed by atoms with van der Waals surface area (Å²) >= 11 is 0. The van der Waals surface area contributed by atoms with Crippen LogP contribution in [0, 0.1) is 0 Å². The van der Waals surface area contributed by atoms with Gasteiger partial charge in [0.15, 0.2) is 0 Å². The fourth-order valence-corrected chi connectivity index (χ4v) is 4.01. The molecule has 1 saturated heterocycles. The molecule has 1 amide bonds. The minimum absolute atomic E-state index is 0.151. The summed E-state index contributed by atoms with van der Waals surface area (Å²) < 4.78 is 0. The van der Waals surface area contributed by atoms with Gasteiger partial charge in [-0.1, -0.05) is 61.9 Å². The lowest BCUT2D eigenvalue weighted by molar-refractivity contribution is -0.139. The molecular formula is C23H21NO3. The second-order valence-corrected chi connectivity index (χ2v) is 6.90. The molecule has 3 aromatic carbocycles. The Morgan fingerprint density at radius 1 is 1.00 bits per heavy atom. The molecule has 0 saturated carbocycles. The van der Waals surface area contributed by atoms with Crippen LogP contribution in [0.25, 0.3) is 21.5 Å². The first-order chi connectivity index (χ1) is 13.2. The zero-order valence-electron chi connectivity index (χ0n) is 15.2. The maximum Gasteiger partial charge on any atom is 0.295 e. The predicted molar refractivity (Wildman–Crippen MR) is 107 cm³/mol. The van der Waals surface area contributed by atoms with E-state index >= 15 is 0 Å². The van der Waals surface area contributed by atoms with Crippen molar-refractivity contribution in [2.45, 2.75) is 25.8 Å². The van der Waals surface area contributed by atoms with Gasteiger partial charge in [0, 0.05) is 6.54 Å². The molecule has 0 spiro atoms. The van der Waals surface area contributed by atoms with Crippen LogP contribution in [0.4, 0.5) is 0 Å². The highest BCUT2D eigenvalue weighted by atomic mass is 16.2. The van der Waals surface area contributed by atoms with Crippen LogP contribution in [-0.2, 0) is 9.59 Å². The first-order valence-electron chi connectivity index (χ1n) is 9.27. The minimum Gasteiger partial charge on any atom is -0.515 e. The average molecular weight is 359 g/mol. The van der Waals surface area contributed by atoms with E-state index in [1.807, 2.05) is 55.5 Å². The maximum absolute atomic E-state index is 12.7. The van der Waals surface area contributed by atoms with Crippen molar-refractivity contribution in [2.24, 2.45) is 0 Å². The lowest BCUT2D eigenvalue weighted by Gasteiger charge is -2.27. The Kier molecular flexibility index (Phi) is 4.40. The summed E-state index contributed by atoms with van der Waals surface area (Å²) in [7, 11) is 0. The third kappa shape index (κ3) is 2.69. The van der Waals surface area contributed by atoms with Crippen molar-refractivity contribution in [1.82, 2.24) is 4.90 Å². The first-order valence-corrected chi connectivity index (χ1v) is 9.27. The highest BCUT2D eigenvalue weighted by Gasteiger charge is 2.44. The van der Waals surface area contributed by atoms with Crippen LogP contribution in [0.3, 0.4) is 0 Å². The van der Waals surface area contributed by atoms with E-state index in [1.54, 1.807) is 4.90 Å².